The average molecular weight is 403 g/mol. The second-order valence-corrected chi connectivity index (χ2v) is 10.2. The van der Waals surface area contributed by atoms with E-state index >= 15 is 0 Å². The molecular formula is C26H36F2O. The van der Waals surface area contributed by atoms with E-state index in [9.17, 15) is 13.6 Å². The van der Waals surface area contributed by atoms with Crippen LogP contribution in [0.15, 0.2) is 12.1 Å². The van der Waals surface area contributed by atoms with Crippen LogP contribution >= 0.6 is 0 Å². The van der Waals surface area contributed by atoms with Crippen LogP contribution in [0.5, 0.6) is 0 Å². The second-order valence-electron chi connectivity index (χ2n) is 10.2. The largest absolute Gasteiger partial charge is 0.299 e. The fourth-order valence-corrected chi connectivity index (χ4v) is 6.39. The van der Waals surface area contributed by atoms with E-state index in [1.54, 1.807) is 12.1 Å². The molecule has 3 fully saturated rings. The molecule has 4 rings (SSSR count). The minimum Gasteiger partial charge on any atom is -0.299 e. The molecule has 3 aliphatic rings. The molecule has 0 radical (unpaired) electrons. The summed E-state index contributed by atoms with van der Waals surface area (Å²) >= 11 is 0. The molecule has 3 aliphatic carbocycles. The van der Waals surface area contributed by atoms with Gasteiger partial charge in [-0.15, -0.1) is 0 Å². The highest BCUT2D eigenvalue weighted by Gasteiger charge is 2.33. The molecule has 0 heterocycles. The summed E-state index contributed by atoms with van der Waals surface area (Å²) in [5.41, 5.74) is 0.976. The highest BCUT2D eigenvalue weighted by atomic mass is 19.1. The van der Waals surface area contributed by atoms with Crippen molar-refractivity contribution in [2.75, 3.05) is 0 Å². The van der Waals surface area contributed by atoms with Crippen molar-refractivity contribution in [2.24, 2.45) is 23.7 Å². The van der Waals surface area contributed by atoms with Gasteiger partial charge in [0.1, 0.15) is 17.4 Å². The lowest BCUT2D eigenvalue weighted by atomic mass is 9.67. The van der Waals surface area contributed by atoms with Gasteiger partial charge in [0.05, 0.1) is 0 Å². The molecule has 1 aromatic rings. The van der Waals surface area contributed by atoms with Crippen LogP contribution in [0.2, 0.25) is 0 Å². The number of hydrogen-bond acceptors (Lipinski definition) is 1. The van der Waals surface area contributed by atoms with E-state index < -0.39 is 11.6 Å². The Labute approximate surface area is 174 Å². The lowest BCUT2D eigenvalue weighted by molar-refractivity contribution is -0.124. The molecule has 1 nitrogen and oxygen atoms in total. The van der Waals surface area contributed by atoms with Crippen LogP contribution < -0.4 is 0 Å². The summed E-state index contributed by atoms with van der Waals surface area (Å²) in [4.78, 5) is 12.5. The highest BCUT2D eigenvalue weighted by Crippen LogP contribution is 2.45. The van der Waals surface area contributed by atoms with Gasteiger partial charge in [-0.3, -0.25) is 4.79 Å². The normalized spacial score (nSPS) is 31.1. The van der Waals surface area contributed by atoms with Crippen molar-refractivity contribution in [1.82, 2.24) is 0 Å². The Hall–Kier alpha value is -1.25. The second kappa shape index (κ2) is 9.27. The van der Waals surface area contributed by atoms with E-state index in [1.165, 1.54) is 58.3 Å². The minimum absolute atomic E-state index is 0.130. The molecule has 0 spiro atoms. The SMILES string of the molecule is Cc1c(F)cc(C2CCC(C3CCC(CC(=O)C4CCCC4)CC3)CC2)cc1F. The fourth-order valence-electron chi connectivity index (χ4n) is 6.39. The molecule has 3 saturated carbocycles. The highest BCUT2D eigenvalue weighted by molar-refractivity contribution is 5.81. The Morgan fingerprint density at radius 1 is 0.828 bits per heavy atom. The van der Waals surface area contributed by atoms with Crippen LogP contribution in [0.1, 0.15) is 101 Å². The van der Waals surface area contributed by atoms with E-state index in [0.717, 1.165) is 49.5 Å². The third kappa shape index (κ3) is 4.91. The van der Waals surface area contributed by atoms with Crippen LogP contribution in [0, 0.1) is 42.2 Å². The Balaban J connectivity index is 1.23. The summed E-state index contributed by atoms with van der Waals surface area (Å²) < 4.78 is 27.8. The number of halogens is 2. The Morgan fingerprint density at radius 2 is 1.34 bits per heavy atom. The average Bonchev–Trinajstić information content (AvgIpc) is 3.27. The van der Waals surface area contributed by atoms with Gasteiger partial charge in [-0.2, -0.15) is 0 Å². The van der Waals surface area contributed by atoms with Crippen LogP contribution in [0.4, 0.5) is 8.78 Å². The molecule has 0 unspecified atom stereocenters. The third-order valence-electron chi connectivity index (χ3n) is 8.40. The van der Waals surface area contributed by atoms with E-state index in [1.807, 2.05) is 0 Å². The molecule has 0 saturated heterocycles. The molecule has 0 aliphatic heterocycles. The number of carbonyl (C=O) groups excluding carboxylic acids is 1. The summed E-state index contributed by atoms with van der Waals surface area (Å²) in [7, 11) is 0. The van der Waals surface area contributed by atoms with Crippen molar-refractivity contribution in [1.29, 1.82) is 0 Å². The van der Waals surface area contributed by atoms with Crippen molar-refractivity contribution < 1.29 is 13.6 Å². The van der Waals surface area contributed by atoms with Gasteiger partial charge in [-0.05, 0) is 112 Å². The first kappa shape index (κ1) is 21.0. The van der Waals surface area contributed by atoms with Gasteiger partial charge in [-0.25, -0.2) is 8.78 Å². The number of Topliss-reactive ketones (excluding diaryl/α,β-unsaturated/α-hetero) is 1. The predicted molar refractivity (Wildman–Crippen MR) is 113 cm³/mol. The standard InChI is InChI=1S/C26H36F2O/c1-17-24(27)15-23(16-25(17)28)21-12-10-20(11-13-21)19-8-6-18(7-9-19)14-26(29)22-4-2-3-5-22/h15-16,18-22H,2-14H2,1H3. The van der Waals surface area contributed by atoms with Crippen LogP contribution in [-0.4, -0.2) is 5.78 Å². The molecule has 0 atom stereocenters. The lowest BCUT2D eigenvalue weighted by Gasteiger charge is -2.38. The van der Waals surface area contributed by atoms with E-state index in [4.69, 9.17) is 0 Å². The maximum absolute atomic E-state index is 13.9. The Morgan fingerprint density at radius 3 is 1.90 bits per heavy atom. The first-order chi connectivity index (χ1) is 14.0. The molecule has 3 heteroatoms. The summed E-state index contributed by atoms with van der Waals surface area (Å²) in [6.45, 7) is 1.50. The number of hydrogen-bond donors (Lipinski definition) is 0. The van der Waals surface area contributed by atoms with Gasteiger partial charge in [0.2, 0.25) is 0 Å². The zero-order chi connectivity index (χ0) is 20.4. The summed E-state index contributed by atoms with van der Waals surface area (Å²) in [5, 5.41) is 0. The fraction of sp³-hybridized carbons (Fsp3) is 0.731. The van der Waals surface area contributed by atoms with Crippen molar-refractivity contribution in [3.63, 3.8) is 0 Å². The molecule has 0 N–H and O–H groups in total. The van der Waals surface area contributed by atoms with Gasteiger partial charge < -0.3 is 0 Å². The van der Waals surface area contributed by atoms with Crippen molar-refractivity contribution in [3.8, 4) is 0 Å². The summed E-state index contributed by atoms with van der Waals surface area (Å²) in [5.74, 6) is 2.58. The molecule has 29 heavy (non-hydrogen) atoms. The molecule has 1 aromatic carbocycles. The van der Waals surface area contributed by atoms with Crippen LogP contribution in [0.25, 0.3) is 0 Å². The number of ketones is 1. The number of benzene rings is 1. The first-order valence-corrected chi connectivity index (χ1v) is 12.0. The Kier molecular flexibility index (Phi) is 6.71. The predicted octanol–water partition coefficient (Wildman–Crippen LogP) is 7.50. The summed E-state index contributed by atoms with van der Waals surface area (Å²) in [6, 6.07) is 3.10. The van der Waals surface area contributed by atoms with Gasteiger partial charge in [0.15, 0.2) is 0 Å². The van der Waals surface area contributed by atoms with Crippen molar-refractivity contribution in [2.45, 2.75) is 96.3 Å². The molecule has 0 aromatic heterocycles. The zero-order valence-electron chi connectivity index (χ0n) is 17.9. The first-order valence-electron chi connectivity index (χ1n) is 12.0. The van der Waals surface area contributed by atoms with Crippen LogP contribution in [0.3, 0.4) is 0 Å². The zero-order valence-corrected chi connectivity index (χ0v) is 17.9. The lowest BCUT2D eigenvalue weighted by Crippen LogP contribution is -2.27. The van der Waals surface area contributed by atoms with E-state index in [2.05, 4.69) is 0 Å². The minimum atomic E-state index is -0.410. The molecule has 0 bridgehead atoms. The smallest absolute Gasteiger partial charge is 0.136 e. The van der Waals surface area contributed by atoms with Crippen molar-refractivity contribution in [3.05, 3.63) is 34.9 Å². The summed E-state index contributed by atoms with van der Waals surface area (Å²) in [6.07, 6.45) is 15.0. The quantitative estimate of drug-likeness (QED) is 0.498. The number of carbonyl (C=O) groups is 1. The third-order valence-corrected chi connectivity index (χ3v) is 8.40. The maximum atomic E-state index is 13.9. The van der Waals surface area contributed by atoms with Crippen molar-refractivity contribution >= 4 is 5.78 Å². The van der Waals surface area contributed by atoms with E-state index in [0.29, 0.717) is 23.5 Å². The monoisotopic (exact) mass is 402 g/mol. The maximum Gasteiger partial charge on any atom is 0.136 e. The van der Waals surface area contributed by atoms with Gasteiger partial charge >= 0.3 is 0 Å². The van der Waals surface area contributed by atoms with Gasteiger partial charge in [0, 0.05) is 17.9 Å². The molecule has 0 amide bonds. The van der Waals surface area contributed by atoms with Crippen LogP contribution in [-0.2, 0) is 4.79 Å². The van der Waals surface area contributed by atoms with E-state index in [-0.39, 0.29) is 5.56 Å². The molecule has 160 valence electrons. The number of rotatable bonds is 5. The van der Waals surface area contributed by atoms with Gasteiger partial charge in [0.25, 0.3) is 0 Å². The van der Waals surface area contributed by atoms with Gasteiger partial charge in [-0.1, -0.05) is 12.8 Å². The Bertz CT molecular complexity index is 682. The topological polar surface area (TPSA) is 17.1 Å². The molecular weight excluding hydrogens is 366 g/mol.